The van der Waals surface area contributed by atoms with E-state index in [2.05, 4.69) is 11.1 Å². The van der Waals surface area contributed by atoms with E-state index in [9.17, 15) is 24.8 Å². The highest BCUT2D eigenvalue weighted by molar-refractivity contribution is 6.35. The normalized spacial score (nSPS) is 21.5. The molecule has 3 heterocycles. The number of carbonyl (C=O) groups excluding carboxylic acids is 2. The zero-order valence-electron chi connectivity index (χ0n) is 18.7. The SMILES string of the molecule is CN1C(=O)N(c2cc(Cl)cc(Cl)c2)C(=O)[C@]12CN(c1nc(C(=O)O)co1)C[C@H]2c1ccc(C#N)cc1. The fourth-order valence-corrected chi connectivity index (χ4v) is 5.37. The van der Waals surface area contributed by atoms with E-state index in [4.69, 9.17) is 27.6 Å². The Morgan fingerprint density at radius 1 is 1.19 bits per heavy atom. The smallest absolute Gasteiger partial charge is 0.357 e. The molecule has 1 N–H and O–H groups in total. The number of carboxylic acids is 1. The zero-order chi connectivity index (χ0) is 25.8. The minimum Gasteiger partial charge on any atom is -0.476 e. The third kappa shape index (κ3) is 3.56. The molecule has 182 valence electrons. The van der Waals surface area contributed by atoms with E-state index >= 15 is 0 Å². The molecule has 3 aromatic rings. The largest absolute Gasteiger partial charge is 0.476 e. The Bertz CT molecular complexity index is 1430. The Balaban J connectivity index is 1.62. The molecule has 2 aromatic carbocycles. The van der Waals surface area contributed by atoms with E-state index < -0.39 is 29.4 Å². The van der Waals surface area contributed by atoms with Crippen LogP contribution in [0.5, 0.6) is 0 Å². The molecule has 0 radical (unpaired) electrons. The molecule has 3 amide bonds. The number of nitrogens with zero attached hydrogens (tertiary/aromatic N) is 5. The lowest BCUT2D eigenvalue weighted by Crippen LogP contribution is -2.53. The summed E-state index contributed by atoms with van der Waals surface area (Å²) in [5.74, 6) is -2.32. The van der Waals surface area contributed by atoms with Crippen molar-refractivity contribution in [3.8, 4) is 6.07 Å². The standard InChI is InChI=1S/C24H17Cl2N5O5/c1-29-23(35)31(17-7-15(25)6-16(26)8-17)21(34)24(29)12-30(22-28-19(11-36-22)20(32)33)10-18(24)14-4-2-13(9-27)3-5-14/h2-8,11,18H,10,12H2,1H3,(H,32,33)/t18-,24+/m0/s1. The Kier molecular flexibility index (Phi) is 5.62. The molecular weight excluding hydrogens is 509 g/mol. The molecule has 2 atom stereocenters. The number of benzene rings is 2. The van der Waals surface area contributed by atoms with Gasteiger partial charge < -0.3 is 19.3 Å². The summed E-state index contributed by atoms with van der Waals surface area (Å²) < 4.78 is 5.40. The van der Waals surface area contributed by atoms with E-state index in [1.54, 1.807) is 29.2 Å². The number of amides is 3. The van der Waals surface area contributed by atoms with Crippen LogP contribution in [0, 0.1) is 11.3 Å². The molecule has 12 heteroatoms. The fraction of sp³-hybridized carbons (Fsp3) is 0.208. The first-order chi connectivity index (χ1) is 17.1. The van der Waals surface area contributed by atoms with Gasteiger partial charge in [-0.05, 0) is 35.9 Å². The number of imide groups is 1. The molecule has 5 rings (SSSR count). The lowest BCUT2D eigenvalue weighted by molar-refractivity contribution is -0.124. The minimum absolute atomic E-state index is 0.0108. The zero-order valence-corrected chi connectivity index (χ0v) is 20.2. The molecule has 2 saturated heterocycles. The average molecular weight is 526 g/mol. The molecule has 2 aliphatic rings. The number of carbonyl (C=O) groups is 3. The van der Waals surface area contributed by atoms with Crippen LogP contribution in [0.4, 0.5) is 16.5 Å². The predicted molar refractivity (Wildman–Crippen MR) is 129 cm³/mol. The summed E-state index contributed by atoms with van der Waals surface area (Å²) in [6, 6.07) is 12.7. The molecule has 1 spiro atoms. The second-order valence-corrected chi connectivity index (χ2v) is 9.39. The topological polar surface area (TPSA) is 131 Å². The maximum atomic E-state index is 14.1. The summed E-state index contributed by atoms with van der Waals surface area (Å²) in [6.07, 6.45) is 1.02. The number of hydrogen-bond donors (Lipinski definition) is 1. The average Bonchev–Trinajstić information content (AvgIpc) is 3.53. The van der Waals surface area contributed by atoms with Crippen LogP contribution in [-0.2, 0) is 4.79 Å². The van der Waals surface area contributed by atoms with Gasteiger partial charge in [0, 0.05) is 29.6 Å². The van der Waals surface area contributed by atoms with Crippen molar-refractivity contribution in [3.63, 3.8) is 0 Å². The Morgan fingerprint density at radius 3 is 2.44 bits per heavy atom. The van der Waals surface area contributed by atoms with Gasteiger partial charge in [0.15, 0.2) is 5.69 Å². The van der Waals surface area contributed by atoms with Crippen molar-refractivity contribution in [2.75, 3.05) is 29.9 Å². The molecule has 0 aliphatic carbocycles. The number of nitriles is 1. The molecule has 1 aromatic heterocycles. The maximum absolute atomic E-state index is 14.1. The number of aromatic carboxylic acids is 1. The van der Waals surface area contributed by atoms with Gasteiger partial charge in [0.25, 0.3) is 11.9 Å². The van der Waals surface area contributed by atoms with Gasteiger partial charge in [0.1, 0.15) is 11.8 Å². The van der Waals surface area contributed by atoms with E-state index in [1.807, 2.05) is 0 Å². The number of oxazole rings is 1. The van der Waals surface area contributed by atoms with Gasteiger partial charge in [-0.25, -0.2) is 14.5 Å². The highest BCUT2D eigenvalue weighted by Crippen LogP contribution is 2.47. The highest BCUT2D eigenvalue weighted by Gasteiger charge is 2.65. The van der Waals surface area contributed by atoms with E-state index in [0.717, 1.165) is 11.2 Å². The van der Waals surface area contributed by atoms with E-state index in [1.165, 1.54) is 30.1 Å². The molecule has 2 fully saturated rings. The highest BCUT2D eigenvalue weighted by atomic mass is 35.5. The number of carboxylic acid groups (broad SMARTS) is 1. The number of urea groups is 1. The van der Waals surface area contributed by atoms with Crippen LogP contribution in [0.15, 0.2) is 53.1 Å². The van der Waals surface area contributed by atoms with Gasteiger partial charge >= 0.3 is 12.0 Å². The summed E-state index contributed by atoms with van der Waals surface area (Å²) in [4.78, 5) is 47.0. The number of hydrogen-bond acceptors (Lipinski definition) is 7. The van der Waals surface area contributed by atoms with Crippen molar-refractivity contribution >= 4 is 52.8 Å². The third-order valence-corrected chi connectivity index (χ3v) is 7.03. The van der Waals surface area contributed by atoms with Crippen LogP contribution in [0.25, 0.3) is 0 Å². The second kappa shape index (κ2) is 8.55. The lowest BCUT2D eigenvalue weighted by atomic mass is 9.80. The van der Waals surface area contributed by atoms with Crippen molar-refractivity contribution in [3.05, 3.63) is 75.6 Å². The first-order valence-electron chi connectivity index (χ1n) is 10.7. The van der Waals surface area contributed by atoms with E-state index in [-0.39, 0.29) is 40.5 Å². The summed E-state index contributed by atoms with van der Waals surface area (Å²) in [5, 5.41) is 19.0. The van der Waals surface area contributed by atoms with Crippen molar-refractivity contribution in [1.29, 1.82) is 5.26 Å². The van der Waals surface area contributed by atoms with E-state index in [0.29, 0.717) is 11.1 Å². The van der Waals surface area contributed by atoms with Gasteiger partial charge in [0.05, 0.1) is 23.9 Å². The monoisotopic (exact) mass is 525 g/mol. The second-order valence-electron chi connectivity index (χ2n) is 8.52. The maximum Gasteiger partial charge on any atom is 0.357 e. The molecule has 0 unspecified atom stereocenters. The molecule has 10 nitrogen and oxygen atoms in total. The molecule has 0 bridgehead atoms. The Labute approximate surface area is 214 Å². The first-order valence-corrected chi connectivity index (χ1v) is 11.4. The summed E-state index contributed by atoms with van der Waals surface area (Å²) >= 11 is 12.3. The van der Waals surface area contributed by atoms with Gasteiger partial charge in [-0.1, -0.05) is 35.3 Å². The first kappa shape index (κ1) is 23.7. The van der Waals surface area contributed by atoms with Crippen LogP contribution in [-0.4, -0.2) is 58.6 Å². The predicted octanol–water partition coefficient (Wildman–Crippen LogP) is 3.99. The summed E-state index contributed by atoms with van der Waals surface area (Å²) in [7, 11) is 1.53. The molecule has 0 saturated carbocycles. The third-order valence-electron chi connectivity index (χ3n) is 6.59. The van der Waals surface area contributed by atoms with Crippen molar-refractivity contribution in [1.82, 2.24) is 9.88 Å². The van der Waals surface area contributed by atoms with Crippen molar-refractivity contribution < 1.29 is 23.9 Å². The van der Waals surface area contributed by atoms with Crippen LogP contribution in [0.2, 0.25) is 10.0 Å². The fourth-order valence-electron chi connectivity index (χ4n) is 4.86. The molecule has 2 aliphatic heterocycles. The quantitative estimate of drug-likeness (QED) is 0.505. The molecule has 36 heavy (non-hydrogen) atoms. The number of rotatable bonds is 4. The lowest BCUT2D eigenvalue weighted by Gasteiger charge is -2.33. The van der Waals surface area contributed by atoms with Gasteiger partial charge in [0.2, 0.25) is 0 Å². The van der Waals surface area contributed by atoms with Gasteiger partial charge in [-0.2, -0.15) is 10.2 Å². The van der Waals surface area contributed by atoms with Crippen LogP contribution >= 0.6 is 23.2 Å². The van der Waals surface area contributed by atoms with Crippen molar-refractivity contribution in [2.24, 2.45) is 0 Å². The molecular formula is C24H17Cl2N5O5. The number of aromatic nitrogens is 1. The number of halogens is 2. The van der Waals surface area contributed by atoms with Crippen molar-refractivity contribution in [2.45, 2.75) is 11.5 Å². The number of anilines is 2. The Hall–Kier alpha value is -4.07. The summed E-state index contributed by atoms with van der Waals surface area (Å²) in [6.45, 7) is 0.183. The Morgan fingerprint density at radius 2 is 1.86 bits per heavy atom. The van der Waals surface area contributed by atoms with Crippen LogP contribution in [0.1, 0.15) is 27.5 Å². The minimum atomic E-state index is -1.39. The van der Waals surface area contributed by atoms with Gasteiger partial charge in [-0.3, -0.25) is 4.79 Å². The number of likely N-dealkylation sites (N-methyl/N-ethyl adjacent to an activating group) is 1. The van der Waals surface area contributed by atoms with Crippen LogP contribution < -0.4 is 9.80 Å². The summed E-state index contributed by atoms with van der Waals surface area (Å²) in [5.41, 5.74) is -0.289. The van der Waals surface area contributed by atoms with Gasteiger partial charge in [-0.15, -0.1) is 0 Å². The van der Waals surface area contributed by atoms with Crippen LogP contribution in [0.3, 0.4) is 0 Å².